The number of hydrogen-bond donors (Lipinski definition) is 0. The van der Waals surface area contributed by atoms with E-state index in [0.29, 0.717) is 23.2 Å². The van der Waals surface area contributed by atoms with Crippen LogP contribution in [-0.2, 0) is 0 Å². The first-order chi connectivity index (χ1) is 11.7. The Morgan fingerprint density at radius 1 is 1.29 bits per heavy atom. The van der Waals surface area contributed by atoms with Gasteiger partial charge in [-0.2, -0.15) is 4.68 Å². The zero-order valence-corrected chi connectivity index (χ0v) is 13.4. The minimum atomic E-state index is -0.488. The predicted molar refractivity (Wildman–Crippen MR) is 85.3 cm³/mol. The van der Waals surface area contributed by atoms with Crippen LogP contribution < -0.4 is 4.74 Å². The van der Waals surface area contributed by atoms with Crippen molar-refractivity contribution in [3.63, 3.8) is 0 Å². The molecule has 0 saturated heterocycles. The summed E-state index contributed by atoms with van der Waals surface area (Å²) in [5, 5.41) is 23.2. The monoisotopic (exact) mass is 344 g/mol. The average molecular weight is 344 g/mol. The van der Waals surface area contributed by atoms with Gasteiger partial charge in [0.25, 0.3) is 0 Å². The van der Waals surface area contributed by atoms with Crippen LogP contribution in [0, 0.1) is 10.1 Å². The fourth-order valence-electron chi connectivity index (χ4n) is 1.99. The lowest BCUT2D eigenvalue weighted by Crippen LogP contribution is -2.04. The maximum absolute atomic E-state index is 11.1. The van der Waals surface area contributed by atoms with Gasteiger partial charge >= 0.3 is 5.69 Å². The maximum atomic E-state index is 11.1. The molecular formula is C14H12N6O3S. The average Bonchev–Trinajstić information content (AvgIpc) is 3.04. The third-order valence-electron chi connectivity index (χ3n) is 2.97. The molecule has 0 spiro atoms. The second-order valence-corrected chi connectivity index (χ2v) is 5.42. The Morgan fingerprint density at radius 3 is 2.92 bits per heavy atom. The third-order valence-corrected chi connectivity index (χ3v) is 3.91. The molecule has 24 heavy (non-hydrogen) atoms. The minimum absolute atomic E-state index is 0.102. The molecule has 0 aliphatic rings. The van der Waals surface area contributed by atoms with Crippen molar-refractivity contribution >= 4 is 17.4 Å². The van der Waals surface area contributed by atoms with Crippen LogP contribution in [0.5, 0.6) is 5.75 Å². The minimum Gasteiger partial charge on any atom is -0.492 e. The molecule has 9 nitrogen and oxygen atoms in total. The van der Waals surface area contributed by atoms with Gasteiger partial charge < -0.3 is 4.74 Å². The number of tetrazole rings is 1. The fraction of sp³-hybridized carbons (Fsp3) is 0.143. The zero-order chi connectivity index (χ0) is 16.9. The van der Waals surface area contributed by atoms with E-state index in [-0.39, 0.29) is 10.7 Å². The molecule has 3 rings (SSSR count). The van der Waals surface area contributed by atoms with Crippen molar-refractivity contribution in [1.29, 1.82) is 0 Å². The molecule has 0 radical (unpaired) electrons. The van der Waals surface area contributed by atoms with Crippen LogP contribution in [0.1, 0.15) is 6.92 Å². The van der Waals surface area contributed by atoms with Gasteiger partial charge in [0.05, 0.1) is 11.5 Å². The number of nitro groups is 1. The molecule has 0 N–H and O–H groups in total. The fourth-order valence-corrected chi connectivity index (χ4v) is 2.82. The van der Waals surface area contributed by atoms with E-state index in [9.17, 15) is 10.1 Å². The normalized spacial score (nSPS) is 10.5. The van der Waals surface area contributed by atoms with E-state index in [1.807, 2.05) is 19.1 Å². The zero-order valence-electron chi connectivity index (χ0n) is 12.6. The largest absolute Gasteiger partial charge is 0.492 e. The summed E-state index contributed by atoms with van der Waals surface area (Å²) in [6.07, 6.45) is 1.48. The van der Waals surface area contributed by atoms with Crippen molar-refractivity contribution in [3.8, 4) is 11.4 Å². The number of pyridine rings is 1. The molecule has 0 unspecified atom stereocenters. The molecule has 0 bridgehead atoms. The number of rotatable bonds is 6. The van der Waals surface area contributed by atoms with Crippen molar-refractivity contribution in [3.05, 3.63) is 52.7 Å². The van der Waals surface area contributed by atoms with E-state index >= 15 is 0 Å². The summed E-state index contributed by atoms with van der Waals surface area (Å²) < 4.78 is 7.04. The molecule has 122 valence electrons. The van der Waals surface area contributed by atoms with E-state index in [1.54, 1.807) is 12.1 Å². The quantitative estimate of drug-likeness (QED) is 0.495. The van der Waals surface area contributed by atoms with Crippen LogP contribution in [0.15, 0.2) is 52.8 Å². The van der Waals surface area contributed by atoms with Gasteiger partial charge in [0.15, 0.2) is 5.03 Å². The Labute approximate surface area is 140 Å². The van der Waals surface area contributed by atoms with Gasteiger partial charge in [-0.15, -0.1) is 5.10 Å². The summed E-state index contributed by atoms with van der Waals surface area (Å²) in [4.78, 5) is 14.7. The first-order valence-electron chi connectivity index (χ1n) is 6.98. The standard InChI is InChI=1S/C14H12N6O3S/c1-2-23-12-8-4-3-6-10(12)19-14(16-17-18-19)24-13-11(20(21)22)7-5-9-15-13/h3-9H,2H2,1H3. The molecule has 0 aliphatic heterocycles. The van der Waals surface area contributed by atoms with Crippen LogP contribution in [0.25, 0.3) is 5.69 Å². The van der Waals surface area contributed by atoms with E-state index in [0.717, 1.165) is 11.8 Å². The predicted octanol–water partition coefficient (Wildman–Crippen LogP) is 2.52. The highest BCUT2D eigenvalue weighted by molar-refractivity contribution is 7.99. The van der Waals surface area contributed by atoms with Gasteiger partial charge in [-0.3, -0.25) is 10.1 Å². The van der Waals surface area contributed by atoms with Gasteiger partial charge in [0, 0.05) is 12.3 Å². The Kier molecular flexibility index (Phi) is 4.66. The van der Waals surface area contributed by atoms with E-state index in [4.69, 9.17) is 4.74 Å². The van der Waals surface area contributed by atoms with Crippen molar-refractivity contribution in [1.82, 2.24) is 25.2 Å². The first kappa shape index (κ1) is 15.9. The van der Waals surface area contributed by atoms with Crippen LogP contribution in [0.3, 0.4) is 0 Å². The highest BCUT2D eigenvalue weighted by atomic mass is 32.2. The molecule has 0 atom stereocenters. The Balaban J connectivity index is 2.00. The number of aromatic nitrogens is 5. The van der Waals surface area contributed by atoms with Gasteiger partial charge in [-0.1, -0.05) is 12.1 Å². The van der Waals surface area contributed by atoms with Crippen molar-refractivity contribution < 1.29 is 9.66 Å². The van der Waals surface area contributed by atoms with Crippen LogP contribution >= 0.6 is 11.8 Å². The Morgan fingerprint density at radius 2 is 2.12 bits per heavy atom. The Bertz CT molecular complexity index is 869. The number of ether oxygens (including phenoxy) is 1. The molecule has 0 fully saturated rings. The molecule has 3 aromatic rings. The van der Waals surface area contributed by atoms with Gasteiger partial charge in [0.2, 0.25) is 5.16 Å². The van der Waals surface area contributed by atoms with Gasteiger partial charge in [-0.25, -0.2) is 4.98 Å². The summed E-state index contributed by atoms with van der Waals surface area (Å²) in [6.45, 7) is 2.37. The lowest BCUT2D eigenvalue weighted by atomic mass is 10.3. The number of para-hydroxylation sites is 2. The van der Waals surface area contributed by atoms with Gasteiger partial charge in [0.1, 0.15) is 11.4 Å². The lowest BCUT2D eigenvalue weighted by molar-refractivity contribution is -0.388. The molecular weight excluding hydrogens is 332 g/mol. The van der Waals surface area contributed by atoms with E-state index in [1.165, 1.54) is 23.0 Å². The SMILES string of the molecule is CCOc1ccccc1-n1nnnc1Sc1ncccc1[N+](=O)[O-]. The molecule has 2 heterocycles. The van der Waals surface area contributed by atoms with Crippen molar-refractivity contribution in [2.45, 2.75) is 17.1 Å². The smallest absolute Gasteiger partial charge is 0.301 e. The number of nitrogens with zero attached hydrogens (tertiary/aromatic N) is 6. The maximum Gasteiger partial charge on any atom is 0.301 e. The molecule has 0 saturated carbocycles. The van der Waals surface area contributed by atoms with Crippen LogP contribution in [-0.4, -0.2) is 36.7 Å². The summed E-state index contributed by atoms with van der Waals surface area (Å²) in [6, 6.07) is 10.2. The van der Waals surface area contributed by atoms with Gasteiger partial charge in [-0.05, 0) is 47.3 Å². The topological polar surface area (TPSA) is 109 Å². The van der Waals surface area contributed by atoms with Crippen molar-refractivity contribution in [2.24, 2.45) is 0 Å². The summed E-state index contributed by atoms with van der Waals surface area (Å²) >= 11 is 1.02. The summed E-state index contributed by atoms with van der Waals surface area (Å²) in [5.74, 6) is 0.615. The highest BCUT2D eigenvalue weighted by Crippen LogP contribution is 2.33. The molecule has 0 aliphatic carbocycles. The second-order valence-electron chi connectivity index (χ2n) is 4.46. The van der Waals surface area contributed by atoms with Crippen LogP contribution in [0.4, 0.5) is 5.69 Å². The molecule has 2 aromatic heterocycles. The molecule has 1 aromatic carbocycles. The molecule has 0 amide bonds. The second kappa shape index (κ2) is 7.04. The van der Waals surface area contributed by atoms with E-state index in [2.05, 4.69) is 20.5 Å². The van der Waals surface area contributed by atoms with E-state index < -0.39 is 4.92 Å². The van der Waals surface area contributed by atoms with Crippen molar-refractivity contribution in [2.75, 3.05) is 6.61 Å². The Hall–Kier alpha value is -3.01. The first-order valence-corrected chi connectivity index (χ1v) is 7.80. The third kappa shape index (κ3) is 3.18. The molecule has 10 heteroatoms. The number of hydrogen-bond acceptors (Lipinski definition) is 8. The summed E-state index contributed by atoms with van der Waals surface area (Å²) in [7, 11) is 0. The lowest BCUT2D eigenvalue weighted by Gasteiger charge is -2.10. The summed E-state index contributed by atoms with van der Waals surface area (Å²) in [5.41, 5.74) is 0.542. The van der Waals surface area contributed by atoms with Crippen LogP contribution in [0.2, 0.25) is 0 Å². The number of benzene rings is 1. The highest BCUT2D eigenvalue weighted by Gasteiger charge is 2.20.